The Balaban J connectivity index is 1.46. The van der Waals surface area contributed by atoms with Gasteiger partial charge in [-0.05, 0) is 44.5 Å². The number of pyridine rings is 2. The maximum absolute atomic E-state index is 4.85. The fourth-order valence-electron chi connectivity index (χ4n) is 3.94. The van der Waals surface area contributed by atoms with Crippen LogP contribution in [0.5, 0.6) is 0 Å². The summed E-state index contributed by atoms with van der Waals surface area (Å²) in [6.07, 6.45) is 9.31. The summed E-state index contributed by atoms with van der Waals surface area (Å²) in [7, 11) is 0. The van der Waals surface area contributed by atoms with Crippen LogP contribution in [0.3, 0.4) is 0 Å². The van der Waals surface area contributed by atoms with Crippen LogP contribution in [0, 0.1) is 0 Å². The Labute approximate surface area is 175 Å². The highest BCUT2D eigenvalue weighted by atomic mass is 15.3. The third-order valence-electron chi connectivity index (χ3n) is 5.59. The van der Waals surface area contributed by atoms with Gasteiger partial charge in [-0.2, -0.15) is 10.2 Å². The molecule has 0 bridgehead atoms. The van der Waals surface area contributed by atoms with Crippen molar-refractivity contribution in [2.24, 2.45) is 0 Å². The molecule has 1 aliphatic rings. The van der Waals surface area contributed by atoms with Crippen molar-refractivity contribution in [3.05, 3.63) is 42.9 Å². The molecule has 0 radical (unpaired) electrons. The Bertz CT molecular complexity index is 1140. The number of rotatable bonds is 5. The number of aromatic amines is 1. The predicted molar refractivity (Wildman–Crippen MR) is 118 cm³/mol. The van der Waals surface area contributed by atoms with Gasteiger partial charge in [0.25, 0.3) is 0 Å². The van der Waals surface area contributed by atoms with Crippen LogP contribution >= 0.6 is 0 Å². The Morgan fingerprint density at radius 2 is 2.17 bits per heavy atom. The SMILES string of the molecule is CCn1cc(-c2cc3c(-c4cccc(NC5CCCCNC5)n4)n[nH]c3cn2)cn1. The van der Waals surface area contributed by atoms with Crippen LogP contribution in [0.1, 0.15) is 26.2 Å². The Morgan fingerprint density at radius 1 is 1.20 bits per heavy atom. The lowest BCUT2D eigenvalue weighted by atomic mass is 10.1. The number of nitrogens with one attached hydrogen (secondary N) is 3. The van der Waals surface area contributed by atoms with E-state index in [1.807, 2.05) is 41.5 Å². The average molecular weight is 403 g/mol. The number of hydrogen-bond donors (Lipinski definition) is 3. The molecule has 5 heterocycles. The van der Waals surface area contributed by atoms with Crippen LogP contribution in [0.25, 0.3) is 33.5 Å². The van der Waals surface area contributed by atoms with E-state index in [0.29, 0.717) is 6.04 Å². The normalized spacial score (nSPS) is 17.2. The lowest BCUT2D eigenvalue weighted by molar-refractivity contribution is 0.634. The van der Waals surface area contributed by atoms with E-state index in [1.165, 1.54) is 12.8 Å². The zero-order valence-corrected chi connectivity index (χ0v) is 17.1. The predicted octanol–water partition coefficient (Wildman–Crippen LogP) is 3.46. The zero-order chi connectivity index (χ0) is 20.3. The molecule has 0 amide bonds. The van der Waals surface area contributed by atoms with Crippen molar-refractivity contribution in [2.75, 3.05) is 18.4 Å². The number of nitrogens with zero attached hydrogens (tertiary/aromatic N) is 5. The molecule has 30 heavy (non-hydrogen) atoms. The van der Waals surface area contributed by atoms with Gasteiger partial charge in [0, 0.05) is 36.3 Å². The molecule has 4 aromatic heterocycles. The summed E-state index contributed by atoms with van der Waals surface area (Å²) in [4.78, 5) is 9.42. The van der Waals surface area contributed by atoms with Crippen LogP contribution in [0.15, 0.2) is 42.9 Å². The van der Waals surface area contributed by atoms with Crippen LogP contribution in [-0.4, -0.2) is 49.1 Å². The van der Waals surface area contributed by atoms with Crippen molar-refractivity contribution >= 4 is 16.7 Å². The topological polar surface area (TPSA) is 96.3 Å². The van der Waals surface area contributed by atoms with Crippen LogP contribution in [0.4, 0.5) is 5.82 Å². The molecule has 1 saturated heterocycles. The molecule has 8 nitrogen and oxygen atoms in total. The highest BCUT2D eigenvalue weighted by Gasteiger charge is 2.15. The molecular weight excluding hydrogens is 376 g/mol. The highest BCUT2D eigenvalue weighted by molar-refractivity contribution is 5.93. The Morgan fingerprint density at radius 3 is 3.07 bits per heavy atom. The molecule has 1 aliphatic heterocycles. The van der Waals surface area contributed by atoms with E-state index in [2.05, 4.69) is 43.9 Å². The summed E-state index contributed by atoms with van der Waals surface area (Å²) in [5.74, 6) is 0.885. The largest absolute Gasteiger partial charge is 0.366 e. The molecule has 0 aliphatic carbocycles. The maximum atomic E-state index is 4.85. The van der Waals surface area contributed by atoms with E-state index in [9.17, 15) is 0 Å². The first-order valence-corrected chi connectivity index (χ1v) is 10.6. The summed E-state index contributed by atoms with van der Waals surface area (Å²) in [5, 5.41) is 20.1. The van der Waals surface area contributed by atoms with Gasteiger partial charge in [-0.1, -0.05) is 12.5 Å². The van der Waals surface area contributed by atoms with Gasteiger partial charge in [-0.3, -0.25) is 14.8 Å². The fraction of sp³-hybridized carbons (Fsp3) is 0.364. The molecule has 5 rings (SSSR count). The summed E-state index contributed by atoms with van der Waals surface area (Å²) in [6.45, 7) is 4.97. The molecule has 3 N–H and O–H groups in total. The van der Waals surface area contributed by atoms with Crippen molar-refractivity contribution in [3.63, 3.8) is 0 Å². The van der Waals surface area contributed by atoms with E-state index >= 15 is 0 Å². The number of anilines is 1. The van der Waals surface area contributed by atoms with Gasteiger partial charge in [-0.15, -0.1) is 0 Å². The van der Waals surface area contributed by atoms with Crippen LogP contribution < -0.4 is 10.6 Å². The summed E-state index contributed by atoms with van der Waals surface area (Å²) in [6, 6.07) is 8.51. The van der Waals surface area contributed by atoms with Crippen molar-refractivity contribution < 1.29 is 0 Å². The van der Waals surface area contributed by atoms with Crippen molar-refractivity contribution in [2.45, 2.75) is 38.8 Å². The minimum atomic E-state index is 0.400. The minimum Gasteiger partial charge on any atom is -0.366 e. The number of aromatic nitrogens is 6. The van der Waals surface area contributed by atoms with Crippen molar-refractivity contribution in [3.8, 4) is 22.6 Å². The maximum Gasteiger partial charge on any atom is 0.126 e. The van der Waals surface area contributed by atoms with E-state index in [4.69, 9.17) is 4.98 Å². The van der Waals surface area contributed by atoms with Gasteiger partial charge in [0.1, 0.15) is 11.5 Å². The minimum absolute atomic E-state index is 0.400. The third-order valence-corrected chi connectivity index (χ3v) is 5.59. The number of aryl methyl sites for hydroxylation is 1. The Hall–Kier alpha value is -3.26. The molecule has 1 fully saturated rings. The van der Waals surface area contributed by atoms with Gasteiger partial charge in [-0.25, -0.2) is 4.98 Å². The second-order valence-corrected chi connectivity index (χ2v) is 7.72. The number of H-pyrrole nitrogens is 1. The molecule has 0 saturated carbocycles. The van der Waals surface area contributed by atoms with Crippen LogP contribution in [-0.2, 0) is 6.54 Å². The standard InChI is InChI=1S/C22H26N8/c1-2-30-14-15(11-25-30)19-10-17-20(13-24-19)28-29-22(17)18-7-5-8-21(27-18)26-16-6-3-4-9-23-12-16/h5,7-8,10-11,13-14,16,23H,2-4,6,9,12H2,1H3,(H,26,27)(H,28,29). The first-order chi connectivity index (χ1) is 14.8. The zero-order valence-electron chi connectivity index (χ0n) is 17.1. The highest BCUT2D eigenvalue weighted by Crippen LogP contribution is 2.28. The fourth-order valence-corrected chi connectivity index (χ4v) is 3.94. The monoisotopic (exact) mass is 402 g/mol. The Kier molecular flexibility index (Phi) is 5.15. The quantitative estimate of drug-likeness (QED) is 0.473. The van der Waals surface area contributed by atoms with Gasteiger partial charge < -0.3 is 10.6 Å². The van der Waals surface area contributed by atoms with Gasteiger partial charge >= 0.3 is 0 Å². The smallest absolute Gasteiger partial charge is 0.126 e. The molecule has 154 valence electrons. The van der Waals surface area contributed by atoms with E-state index < -0.39 is 0 Å². The average Bonchev–Trinajstić information content (AvgIpc) is 3.35. The third kappa shape index (κ3) is 3.78. The molecule has 4 aromatic rings. The molecule has 1 unspecified atom stereocenters. The van der Waals surface area contributed by atoms with Crippen LogP contribution in [0.2, 0.25) is 0 Å². The lowest BCUT2D eigenvalue weighted by Crippen LogP contribution is -2.31. The molecule has 1 atom stereocenters. The van der Waals surface area contributed by atoms with Gasteiger partial charge in [0.15, 0.2) is 0 Å². The number of fused-ring (bicyclic) bond motifs is 1. The summed E-state index contributed by atoms with van der Waals surface area (Å²) in [5.41, 5.74) is 4.44. The number of hydrogen-bond acceptors (Lipinski definition) is 6. The summed E-state index contributed by atoms with van der Waals surface area (Å²) >= 11 is 0. The van der Waals surface area contributed by atoms with E-state index in [0.717, 1.165) is 65.4 Å². The van der Waals surface area contributed by atoms with Gasteiger partial charge in [0.2, 0.25) is 0 Å². The summed E-state index contributed by atoms with van der Waals surface area (Å²) < 4.78 is 1.90. The molecule has 8 heteroatoms. The van der Waals surface area contributed by atoms with E-state index in [-0.39, 0.29) is 0 Å². The molecular formula is C22H26N8. The first kappa shape index (κ1) is 18.7. The first-order valence-electron chi connectivity index (χ1n) is 10.6. The second kappa shape index (κ2) is 8.23. The van der Waals surface area contributed by atoms with Crippen molar-refractivity contribution in [1.29, 1.82) is 0 Å². The van der Waals surface area contributed by atoms with E-state index in [1.54, 1.807) is 0 Å². The van der Waals surface area contributed by atoms with Crippen molar-refractivity contribution in [1.82, 2.24) is 35.3 Å². The van der Waals surface area contributed by atoms with Gasteiger partial charge in [0.05, 0.1) is 29.3 Å². The lowest BCUT2D eigenvalue weighted by Gasteiger charge is -2.17. The second-order valence-electron chi connectivity index (χ2n) is 7.72. The molecule has 0 aromatic carbocycles. The molecule has 0 spiro atoms.